The van der Waals surface area contributed by atoms with Crippen LogP contribution in [0, 0.1) is 6.92 Å². The molecule has 0 atom stereocenters. The van der Waals surface area contributed by atoms with Gasteiger partial charge in [0.1, 0.15) is 9.88 Å². The number of carbonyl (C=O) groups excluding carboxylic acids is 2. The summed E-state index contributed by atoms with van der Waals surface area (Å²) in [5, 5.41) is 1.89. The maximum Gasteiger partial charge on any atom is 0.349 e. The molecule has 0 spiro atoms. The van der Waals surface area contributed by atoms with Crippen LogP contribution in [0.1, 0.15) is 20.2 Å². The Morgan fingerprint density at radius 3 is 2.50 bits per heavy atom. The largest absolute Gasteiger partial charge is 0.451 e. The average molecular weight is 411 g/mol. The number of likely N-dealkylation sites (N-methyl/N-ethyl adjacent to an activating group) is 1. The van der Waals surface area contributed by atoms with Crippen LogP contribution in [0.3, 0.4) is 0 Å². The zero-order valence-electron chi connectivity index (χ0n) is 15.5. The maximum atomic E-state index is 12.4. The van der Waals surface area contributed by atoms with Crippen LogP contribution in [-0.4, -0.2) is 35.4 Å². The van der Waals surface area contributed by atoms with E-state index < -0.39 is 5.97 Å². The Morgan fingerprint density at radius 2 is 1.75 bits per heavy atom. The molecule has 0 aliphatic heterocycles. The molecular formula is C21H18N2O3S2. The fourth-order valence-electron chi connectivity index (χ4n) is 2.95. The third kappa shape index (κ3) is 3.63. The fraction of sp³-hybridized carbons (Fsp3) is 0.190. The molecule has 1 amide bonds. The van der Waals surface area contributed by atoms with Crippen molar-refractivity contribution in [2.24, 2.45) is 0 Å². The van der Waals surface area contributed by atoms with Crippen molar-refractivity contribution in [2.45, 2.75) is 13.5 Å². The molecule has 0 aliphatic rings. The van der Waals surface area contributed by atoms with E-state index in [0.717, 1.165) is 30.9 Å². The van der Waals surface area contributed by atoms with Gasteiger partial charge in [-0.3, -0.25) is 4.79 Å². The van der Waals surface area contributed by atoms with Gasteiger partial charge in [0.15, 0.2) is 6.61 Å². The van der Waals surface area contributed by atoms with Gasteiger partial charge in [0, 0.05) is 11.7 Å². The van der Waals surface area contributed by atoms with Crippen LogP contribution in [0.4, 0.5) is 0 Å². The highest BCUT2D eigenvalue weighted by Crippen LogP contribution is 2.31. The summed E-state index contributed by atoms with van der Waals surface area (Å²) >= 11 is 2.95. The smallest absolute Gasteiger partial charge is 0.349 e. The molecule has 2 aromatic carbocycles. The van der Waals surface area contributed by atoms with E-state index in [9.17, 15) is 9.59 Å². The van der Waals surface area contributed by atoms with Gasteiger partial charge in [0.05, 0.1) is 16.8 Å². The van der Waals surface area contributed by atoms with E-state index in [1.54, 1.807) is 18.4 Å². The molecule has 2 heterocycles. The van der Waals surface area contributed by atoms with Crippen molar-refractivity contribution in [3.63, 3.8) is 0 Å². The molecule has 4 aromatic rings. The Kier molecular flexibility index (Phi) is 5.11. The predicted octanol–water partition coefficient (Wildman–Crippen LogP) is 4.63. The Morgan fingerprint density at radius 1 is 1.04 bits per heavy atom. The normalized spacial score (nSPS) is 11.1. The average Bonchev–Trinajstić information content (AvgIpc) is 3.26. The van der Waals surface area contributed by atoms with Crippen LogP contribution in [0.25, 0.3) is 20.3 Å². The summed E-state index contributed by atoms with van der Waals surface area (Å²) in [6, 6.07) is 15.7. The van der Waals surface area contributed by atoms with E-state index >= 15 is 0 Å². The van der Waals surface area contributed by atoms with Crippen molar-refractivity contribution in [3.8, 4) is 0 Å². The highest BCUT2D eigenvalue weighted by Gasteiger charge is 2.19. The zero-order valence-corrected chi connectivity index (χ0v) is 17.1. The van der Waals surface area contributed by atoms with Crippen molar-refractivity contribution < 1.29 is 14.3 Å². The number of aryl methyl sites for hydroxylation is 1. The summed E-state index contributed by atoms with van der Waals surface area (Å²) in [6.45, 7) is 2.00. The number of nitrogens with zero attached hydrogens (tertiary/aromatic N) is 2. The first-order chi connectivity index (χ1) is 13.5. The monoisotopic (exact) mass is 410 g/mol. The molecule has 5 nitrogen and oxygen atoms in total. The second-order valence-electron chi connectivity index (χ2n) is 6.45. The molecular weight excluding hydrogens is 392 g/mol. The van der Waals surface area contributed by atoms with Gasteiger partial charge >= 0.3 is 5.97 Å². The van der Waals surface area contributed by atoms with Gasteiger partial charge in [-0.25, -0.2) is 9.78 Å². The molecule has 0 radical (unpaired) electrons. The van der Waals surface area contributed by atoms with Gasteiger partial charge in [0.2, 0.25) is 0 Å². The van der Waals surface area contributed by atoms with Crippen LogP contribution in [0.15, 0.2) is 48.5 Å². The van der Waals surface area contributed by atoms with Gasteiger partial charge in [-0.2, -0.15) is 0 Å². The SMILES string of the molecule is Cc1c(C(=O)OCC(=O)N(C)Cc2nc3ccccc3s2)sc2ccccc12. The van der Waals surface area contributed by atoms with E-state index in [0.29, 0.717) is 11.4 Å². The first-order valence-electron chi connectivity index (χ1n) is 8.76. The molecule has 0 unspecified atom stereocenters. The first kappa shape index (κ1) is 18.6. The molecule has 2 aromatic heterocycles. The summed E-state index contributed by atoms with van der Waals surface area (Å²) in [6.07, 6.45) is 0. The Hall–Kier alpha value is -2.77. The summed E-state index contributed by atoms with van der Waals surface area (Å²) in [7, 11) is 1.69. The molecule has 0 saturated heterocycles. The number of carbonyl (C=O) groups is 2. The molecule has 28 heavy (non-hydrogen) atoms. The minimum atomic E-state index is -0.458. The Bertz CT molecular complexity index is 1150. The molecule has 7 heteroatoms. The third-order valence-corrected chi connectivity index (χ3v) is 6.77. The van der Waals surface area contributed by atoms with Crippen LogP contribution < -0.4 is 0 Å². The number of benzene rings is 2. The van der Waals surface area contributed by atoms with Crippen molar-refractivity contribution in [2.75, 3.05) is 13.7 Å². The van der Waals surface area contributed by atoms with Crippen LogP contribution in [0.2, 0.25) is 0 Å². The number of hydrogen-bond donors (Lipinski definition) is 0. The van der Waals surface area contributed by atoms with Crippen LogP contribution in [0.5, 0.6) is 0 Å². The lowest BCUT2D eigenvalue weighted by atomic mass is 10.1. The van der Waals surface area contributed by atoms with E-state index in [1.165, 1.54) is 16.2 Å². The van der Waals surface area contributed by atoms with Crippen molar-refractivity contribution in [1.82, 2.24) is 9.88 Å². The highest BCUT2D eigenvalue weighted by molar-refractivity contribution is 7.21. The molecule has 0 N–H and O–H groups in total. The minimum Gasteiger partial charge on any atom is -0.451 e. The summed E-state index contributed by atoms with van der Waals surface area (Å²) in [4.78, 5) is 31.4. The lowest BCUT2D eigenvalue weighted by molar-refractivity contribution is -0.133. The Balaban J connectivity index is 1.38. The molecule has 0 saturated carbocycles. The number of para-hydroxylation sites is 1. The van der Waals surface area contributed by atoms with Gasteiger partial charge in [0.25, 0.3) is 5.91 Å². The zero-order chi connectivity index (χ0) is 19.7. The number of thiazole rings is 1. The number of amides is 1. The van der Waals surface area contributed by atoms with Gasteiger partial charge in [-0.15, -0.1) is 22.7 Å². The molecule has 4 rings (SSSR count). The molecule has 0 fully saturated rings. The lowest BCUT2D eigenvalue weighted by Gasteiger charge is -2.15. The lowest BCUT2D eigenvalue weighted by Crippen LogP contribution is -2.30. The molecule has 142 valence electrons. The van der Waals surface area contributed by atoms with E-state index in [4.69, 9.17) is 4.74 Å². The molecule has 0 bridgehead atoms. The number of aromatic nitrogens is 1. The second-order valence-corrected chi connectivity index (χ2v) is 8.62. The van der Waals surface area contributed by atoms with E-state index in [2.05, 4.69) is 4.98 Å². The summed E-state index contributed by atoms with van der Waals surface area (Å²) < 4.78 is 7.40. The second kappa shape index (κ2) is 7.69. The topological polar surface area (TPSA) is 59.5 Å². The fourth-order valence-corrected chi connectivity index (χ4v) is 5.07. The maximum absolute atomic E-state index is 12.4. The number of thiophene rings is 1. The van der Waals surface area contributed by atoms with Crippen molar-refractivity contribution in [3.05, 3.63) is 64.0 Å². The first-order valence-corrected chi connectivity index (χ1v) is 10.4. The Labute approximate surface area is 170 Å². The number of rotatable bonds is 5. The molecule has 0 aliphatic carbocycles. The van der Waals surface area contributed by atoms with Crippen LogP contribution in [-0.2, 0) is 16.1 Å². The number of hydrogen-bond acceptors (Lipinski definition) is 6. The van der Waals surface area contributed by atoms with Gasteiger partial charge in [-0.05, 0) is 36.1 Å². The van der Waals surface area contributed by atoms with Crippen molar-refractivity contribution >= 4 is 54.9 Å². The van der Waals surface area contributed by atoms with E-state index in [-0.39, 0.29) is 12.5 Å². The number of fused-ring (bicyclic) bond motifs is 2. The standard InChI is InChI=1S/C21H18N2O3S2/c1-13-14-7-3-5-9-16(14)28-20(13)21(25)26-12-19(24)23(2)11-18-22-15-8-4-6-10-17(15)27-18/h3-10H,11-12H2,1-2H3. The quantitative estimate of drug-likeness (QED) is 0.450. The van der Waals surface area contributed by atoms with Gasteiger partial charge in [-0.1, -0.05) is 30.3 Å². The predicted molar refractivity (Wildman–Crippen MR) is 113 cm³/mol. The van der Waals surface area contributed by atoms with E-state index in [1.807, 2.05) is 55.5 Å². The summed E-state index contributed by atoms with van der Waals surface area (Å²) in [5.41, 5.74) is 1.82. The minimum absolute atomic E-state index is 0.258. The highest BCUT2D eigenvalue weighted by atomic mass is 32.1. The van der Waals surface area contributed by atoms with Gasteiger partial charge < -0.3 is 9.64 Å². The van der Waals surface area contributed by atoms with Crippen LogP contribution >= 0.6 is 22.7 Å². The summed E-state index contributed by atoms with van der Waals surface area (Å²) in [5.74, 6) is -0.716. The number of esters is 1. The van der Waals surface area contributed by atoms with Crippen molar-refractivity contribution in [1.29, 1.82) is 0 Å². The third-order valence-electron chi connectivity index (χ3n) is 4.49. The number of ether oxygens (including phenoxy) is 1.